The smallest absolute Gasteiger partial charge is 0.260 e. The number of para-hydroxylation sites is 2. The molecule has 4 rings (SSSR count). The molecule has 1 amide bonds. The molecule has 1 aliphatic rings. The summed E-state index contributed by atoms with van der Waals surface area (Å²) < 4.78 is 10.8. The van der Waals surface area contributed by atoms with Crippen LogP contribution in [0.5, 0.6) is 11.5 Å². The Bertz CT molecular complexity index is 887. The van der Waals surface area contributed by atoms with Gasteiger partial charge in [0.05, 0.1) is 18.1 Å². The van der Waals surface area contributed by atoms with Gasteiger partial charge in [-0.15, -0.1) is 0 Å². The van der Waals surface area contributed by atoms with E-state index < -0.39 is 0 Å². The molecule has 0 unspecified atom stereocenters. The number of ether oxygens (including phenoxy) is 2. The third-order valence-electron chi connectivity index (χ3n) is 4.99. The molecule has 140 valence electrons. The van der Waals surface area contributed by atoms with Crippen LogP contribution < -0.4 is 9.47 Å². The molecule has 0 spiro atoms. The van der Waals surface area contributed by atoms with Gasteiger partial charge in [0.25, 0.3) is 5.91 Å². The fraction of sp³-hybridized carbons (Fsp3) is 0.333. The van der Waals surface area contributed by atoms with E-state index in [1.807, 2.05) is 41.3 Å². The van der Waals surface area contributed by atoms with Crippen molar-refractivity contribution in [2.75, 3.05) is 26.8 Å². The Kier molecular flexibility index (Phi) is 4.96. The molecule has 1 saturated heterocycles. The van der Waals surface area contributed by atoms with Crippen molar-refractivity contribution in [1.82, 2.24) is 14.9 Å². The Balaban J connectivity index is 1.37. The lowest BCUT2D eigenvalue weighted by Crippen LogP contribution is -2.41. The maximum atomic E-state index is 12.6. The number of benzene rings is 2. The Morgan fingerprint density at radius 2 is 1.96 bits per heavy atom. The quantitative estimate of drug-likeness (QED) is 0.753. The predicted molar refractivity (Wildman–Crippen MR) is 103 cm³/mol. The third-order valence-corrected chi connectivity index (χ3v) is 4.99. The number of hydrogen-bond acceptors (Lipinski definition) is 4. The zero-order valence-electron chi connectivity index (χ0n) is 15.4. The molecule has 27 heavy (non-hydrogen) atoms. The van der Waals surface area contributed by atoms with Gasteiger partial charge in [-0.05, 0) is 49.2 Å². The molecule has 6 heteroatoms. The number of rotatable bonds is 5. The van der Waals surface area contributed by atoms with Gasteiger partial charge >= 0.3 is 0 Å². The number of imidazole rings is 1. The number of carbonyl (C=O) groups is 1. The molecule has 1 fully saturated rings. The molecule has 1 atom stereocenters. The second-order valence-electron chi connectivity index (χ2n) is 6.78. The zero-order chi connectivity index (χ0) is 18.6. The molecule has 1 aliphatic heterocycles. The summed E-state index contributed by atoms with van der Waals surface area (Å²) in [5.74, 6) is 2.63. The maximum absolute atomic E-state index is 12.6. The number of nitrogens with zero attached hydrogens (tertiary/aromatic N) is 2. The van der Waals surface area contributed by atoms with Gasteiger partial charge in [-0.3, -0.25) is 4.79 Å². The molecule has 2 aromatic carbocycles. The van der Waals surface area contributed by atoms with E-state index in [4.69, 9.17) is 14.5 Å². The van der Waals surface area contributed by atoms with Gasteiger partial charge in [-0.1, -0.05) is 12.1 Å². The summed E-state index contributed by atoms with van der Waals surface area (Å²) in [5, 5.41) is 0. The van der Waals surface area contributed by atoms with E-state index in [0.29, 0.717) is 12.3 Å². The van der Waals surface area contributed by atoms with Crippen molar-refractivity contribution in [3.8, 4) is 11.5 Å². The summed E-state index contributed by atoms with van der Waals surface area (Å²) in [6.45, 7) is 1.48. The number of amides is 1. The lowest BCUT2D eigenvalue weighted by atomic mass is 9.97. The number of likely N-dealkylation sites (tertiary alicyclic amines) is 1. The number of fused-ring (bicyclic) bond motifs is 1. The molecule has 0 saturated carbocycles. The largest absolute Gasteiger partial charge is 0.497 e. The standard InChI is InChI=1S/C21H23N3O3/c1-26-16-8-10-17(11-9-16)27-14-20(25)24-12-4-5-15(13-24)21-22-18-6-2-3-7-19(18)23-21/h2-3,6-11,15H,4-5,12-14H2,1H3,(H,22,23)/t15-/m1/s1. The summed E-state index contributed by atoms with van der Waals surface area (Å²) >= 11 is 0. The highest BCUT2D eigenvalue weighted by Gasteiger charge is 2.27. The van der Waals surface area contributed by atoms with Gasteiger partial charge in [0.1, 0.15) is 17.3 Å². The minimum absolute atomic E-state index is 0.00614. The van der Waals surface area contributed by atoms with Gasteiger partial charge in [-0.2, -0.15) is 0 Å². The van der Waals surface area contributed by atoms with Crippen LogP contribution in [-0.4, -0.2) is 47.6 Å². The van der Waals surface area contributed by atoms with Crippen LogP contribution in [-0.2, 0) is 4.79 Å². The summed E-state index contributed by atoms with van der Waals surface area (Å²) in [7, 11) is 1.62. The number of nitrogens with one attached hydrogen (secondary N) is 1. The lowest BCUT2D eigenvalue weighted by molar-refractivity contribution is -0.134. The number of aromatic nitrogens is 2. The highest BCUT2D eigenvalue weighted by molar-refractivity contribution is 5.78. The predicted octanol–water partition coefficient (Wildman–Crippen LogP) is 3.36. The van der Waals surface area contributed by atoms with Gasteiger partial charge in [0, 0.05) is 19.0 Å². The van der Waals surface area contributed by atoms with Gasteiger partial charge in [0.15, 0.2) is 6.61 Å². The van der Waals surface area contributed by atoms with E-state index in [-0.39, 0.29) is 18.4 Å². The summed E-state index contributed by atoms with van der Waals surface area (Å²) in [4.78, 5) is 22.6. The fourth-order valence-corrected chi connectivity index (χ4v) is 3.50. The second kappa shape index (κ2) is 7.70. The summed E-state index contributed by atoms with van der Waals surface area (Å²) in [5.41, 5.74) is 2.01. The molecular weight excluding hydrogens is 342 g/mol. The number of methoxy groups -OCH3 is 1. The number of carbonyl (C=O) groups excluding carboxylic acids is 1. The molecule has 1 N–H and O–H groups in total. The van der Waals surface area contributed by atoms with Crippen LogP contribution in [0.25, 0.3) is 11.0 Å². The molecule has 0 aliphatic carbocycles. The van der Waals surface area contributed by atoms with Gasteiger partial charge in [0.2, 0.25) is 0 Å². The average Bonchev–Trinajstić information content (AvgIpc) is 3.17. The molecule has 6 nitrogen and oxygen atoms in total. The van der Waals surface area contributed by atoms with E-state index in [0.717, 1.165) is 42.0 Å². The van der Waals surface area contributed by atoms with Crippen molar-refractivity contribution in [2.45, 2.75) is 18.8 Å². The highest BCUT2D eigenvalue weighted by Crippen LogP contribution is 2.27. The SMILES string of the molecule is COc1ccc(OCC(=O)N2CCC[C@@H](c3nc4ccccc4[nH]3)C2)cc1. The normalized spacial score (nSPS) is 17.1. The zero-order valence-corrected chi connectivity index (χ0v) is 15.4. The molecule has 2 heterocycles. The summed E-state index contributed by atoms with van der Waals surface area (Å²) in [6, 6.07) is 15.3. The van der Waals surface area contributed by atoms with E-state index in [1.54, 1.807) is 19.2 Å². The summed E-state index contributed by atoms with van der Waals surface area (Å²) in [6.07, 6.45) is 2.00. The first-order chi connectivity index (χ1) is 13.2. The maximum Gasteiger partial charge on any atom is 0.260 e. The second-order valence-corrected chi connectivity index (χ2v) is 6.78. The van der Waals surface area contributed by atoms with E-state index in [2.05, 4.69) is 4.98 Å². The van der Waals surface area contributed by atoms with E-state index in [1.165, 1.54) is 0 Å². The Labute approximate surface area is 158 Å². The van der Waals surface area contributed by atoms with Crippen LogP contribution in [0.2, 0.25) is 0 Å². The van der Waals surface area contributed by atoms with Crippen LogP contribution in [0.3, 0.4) is 0 Å². The molecule has 1 aromatic heterocycles. The molecule has 0 bridgehead atoms. The number of H-pyrrole nitrogens is 1. The molecule has 0 radical (unpaired) electrons. The Morgan fingerprint density at radius 3 is 2.74 bits per heavy atom. The topological polar surface area (TPSA) is 67.5 Å². The van der Waals surface area contributed by atoms with Crippen LogP contribution >= 0.6 is 0 Å². The minimum Gasteiger partial charge on any atom is -0.497 e. The van der Waals surface area contributed by atoms with Gasteiger partial charge < -0.3 is 19.4 Å². The first-order valence-electron chi connectivity index (χ1n) is 9.22. The van der Waals surface area contributed by atoms with Crippen molar-refractivity contribution in [1.29, 1.82) is 0 Å². The van der Waals surface area contributed by atoms with E-state index in [9.17, 15) is 4.79 Å². The Hall–Kier alpha value is -3.02. The van der Waals surface area contributed by atoms with Crippen molar-refractivity contribution in [2.24, 2.45) is 0 Å². The number of hydrogen-bond donors (Lipinski definition) is 1. The Morgan fingerprint density at radius 1 is 1.19 bits per heavy atom. The van der Waals surface area contributed by atoms with Gasteiger partial charge in [-0.25, -0.2) is 4.98 Å². The van der Waals surface area contributed by atoms with Crippen molar-refractivity contribution >= 4 is 16.9 Å². The minimum atomic E-state index is 0.00614. The molecule has 3 aromatic rings. The number of piperidine rings is 1. The van der Waals surface area contributed by atoms with Crippen molar-refractivity contribution < 1.29 is 14.3 Å². The lowest BCUT2D eigenvalue weighted by Gasteiger charge is -2.31. The number of aromatic amines is 1. The average molecular weight is 365 g/mol. The van der Waals surface area contributed by atoms with Crippen LogP contribution in [0.1, 0.15) is 24.6 Å². The highest BCUT2D eigenvalue weighted by atomic mass is 16.5. The monoisotopic (exact) mass is 365 g/mol. The first-order valence-corrected chi connectivity index (χ1v) is 9.22. The van der Waals surface area contributed by atoms with Crippen LogP contribution in [0.4, 0.5) is 0 Å². The van der Waals surface area contributed by atoms with E-state index >= 15 is 0 Å². The fourth-order valence-electron chi connectivity index (χ4n) is 3.50. The first kappa shape index (κ1) is 17.4. The molecular formula is C21H23N3O3. The van der Waals surface area contributed by atoms with Crippen molar-refractivity contribution in [3.63, 3.8) is 0 Å². The van der Waals surface area contributed by atoms with Crippen LogP contribution in [0.15, 0.2) is 48.5 Å². The third kappa shape index (κ3) is 3.89. The van der Waals surface area contributed by atoms with Crippen molar-refractivity contribution in [3.05, 3.63) is 54.4 Å². The van der Waals surface area contributed by atoms with Crippen LogP contribution in [0, 0.1) is 0 Å².